The Morgan fingerprint density at radius 2 is 1.75 bits per heavy atom. The minimum absolute atomic E-state index is 0.197. The van der Waals surface area contributed by atoms with Gasteiger partial charge < -0.3 is 14.2 Å². The van der Waals surface area contributed by atoms with Crippen molar-refractivity contribution in [2.45, 2.75) is 43.4 Å². The van der Waals surface area contributed by atoms with Gasteiger partial charge in [0.2, 0.25) is 10.0 Å². The minimum Gasteiger partial charge on any atom is -0.497 e. The molecule has 0 N–H and O–H groups in total. The normalized spacial score (nSPS) is 19.7. The third-order valence-electron chi connectivity index (χ3n) is 5.47. The third-order valence-corrected chi connectivity index (χ3v) is 7.37. The van der Waals surface area contributed by atoms with Crippen molar-refractivity contribution in [1.29, 1.82) is 0 Å². The summed E-state index contributed by atoms with van der Waals surface area (Å²) in [6, 6.07) is 13.9. The van der Waals surface area contributed by atoms with E-state index in [0.29, 0.717) is 19.4 Å². The minimum atomic E-state index is -3.77. The lowest BCUT2D eigenvalue weighted by molar-refractivity contribution is -0.134. The topological polar surface area (TPSA) is 82.1 Å². The van der Waals surface area contributed by atoms with Crippen LogP contribution in [0.4, 0.5) is 0 Å². The quantitative estimate of drug-likeness (QED) is 0.444. The molecule has 0 radical (unpaired) electrons. The van der Waals surface area contributed by atoms with Crippen molar-refractivity contribution >= 4 is 16.0 Å². The lowest BCUT2D eigenvalue weighted by Crippen LogP contribution is -2.48. The van der Waals surface area contributed by atoms with E-state index >= 15 is 0 Å². The standard InChI is InChI=1S/C24H29NO6S/c1-18-4-13-23(14-5-18)32(27,28)25-16-22(12-8-20(25)9-15-24(26)30-3)31-17-19-6-10-21(29-2)11-7-19/h4-7,9-11,13-15,20,22H,8,12,16-17H2,1-3H3/t20-,22+/m0/s1. The Bertz CT molecular complexity index is 1030. The number of carbonyl (C=O) groups is 1. The molecule has 7 nitrogen and oxygen atoms in total. The Morgan fingerprint density at radius 3 is 2.38 bits per heavy atom. The smallest absolute Gasteiger partial charge is 0.330 e. The number of carbonyl (C=O) groups excluding carboxylic acids is 1. The predicted molar refractivity (Wildman–Crippen MR) is 121 cm³/mol. The second-order valence-electron chi connectivity index (χ2n) is 7.70. The molecule has 1 fully saturated rings. The van der Waals surface area contributed by atoms with Crippen LogP contribution in [-0.2, 0) is 30.9 Å². The zero-order chi connectivity index (χ0) is 23.1. The van der Waals surface area contributed by atoms with Crippen LogP contribution < -0.4 is 4.74 Å². The number of hydrogen-bond acceptors (Lipinski definition) is 6. The zero-order valence-electron chi connectivity index (χ0n) is 18.6. The molecular formula is C24H29NO6S. The van der Waals surface area contributed by atoms with E-state index in [1.807, 2.05) is 31.2 Å². The van der Waals surface area contributed by atoms with Gasteiger partial charge in [0.1, 0.15) is 5.75 Å². The van der Waals surface area contributed by atoms with E-state index in [9.17, 15) is 13.2 Å². The number of aryl methyl sites for hydroxylation is 1. The average molecular weight is 460 g/mol. The van der Waals surface area contributed by atoms with E-state index in [-0.39, 0.29) is 17.5 Å². The van der Waals surface area contributed by atoms with Gasteiger partial charge in [0.25, 0.3) is 0 Å². The van der Waals surface area contributed by atoms with Gasteiger partial charge in [0, 0.05) is 18.7 Å². The van der Waals surface area contributed by atoms with Gasteiger partial charge in [-0.2, -0.15) is 4.31 Å². The van der Waals surface area contributed by atoms with Gasteiger partial charge in [-0.15, -0.1) is 0 Å². The molecule has 32 heavy (non-hydrogen) atoms. The maximum absolute atomic E-state index is 13.4. The van der Waals surface area contributed by atoms with E-state index in [0.717, 1.165) is 16.9 Å². The van der Waals surface area contributed by atoms with Crippen molar-refractivity contribution in [3.63, 3.8) is 0 Å². The largest absolute Gasteiger partial charge is 0.497 e. The number of benzene rings is 2. The molecule has 2 atom stereocenters. The first-order chi connectivity index (χ1) is 15.3. The lowest BCUT2D eigenvalue weighted by Gasteiger charge is -2.37. The molecule has 172 valence electrons. The van der Waals surface area contributed by atoms with E-state index < -0.39 is 22.0 Å². The molecule has 2 aromatic rings. The molecule has 0 amide bonds. The van der Waals surface area contributed by atoms with Gasteiger partial charge in [-0.1, -0.05) is 35.9 Å². The summed E-state index contributed by atoms with van der Waals surface area (Å²) >= 11 is 0. The number of hydrogen-bond donors (Lipinski definition) is 0. The van der Waals surface area contributed by atoms with Crippen molar-refractivity contribution < 1.29 is 27.4 Å². The molecule has 1 aliphatic heterocycles. The SMILES string of the molecule is COC(=O)C=C[C@@H]1CC[C@@H](OCc2ccc(OC)cc2)CN1S(=O)(=O)c1ccc(C)cc1. The van der Waals surface area contributed by atoms with Crippen molar-refractivity contribution in [3.05, 3.63) is 71.8 Å². The maximum atomic E-state index is 13.4. The first-order valence-corrected chi connectivity index (χ1v) is 11.9. The summed E-state index contributed by atoms with van der Waals surface area (Å²) in [4.78, 5) is 11.8. The fourth-order valence-corrected chi connectivity index (χ4v) is 5.22. The van der Waals surface area contributed by atoms with Crippen LogP contribution in [0.15, 0.2) is 65.6 Å². The van der Waals surface area contributed by atoms with Crippen LogP contribution in [0.5, 0.6) is 5.75 Å². The molecule has 3 rings (SSSR count). The summed E-state index contributed by atoms with van der Waals surface area (Å²) in [5.41, 5.74) is 1.96. The molecule has 1 aliphatic rings. The summed E-state index contributed by atoms with van der Waals surface area (Å²) in [6.45, 7) is 2.47. The number of methoxy groups -OCH3 is 2. The van der Waals surface area contributed by atoms with Crippen molar-refractivity contribution in [3.8, 4) is 5.75 Å². The van der Waals surface area contributed by atoms with Crippen LogP contribution >= 0.6 is 0 Å². The second-order valence-corrected chi connectivity index (χ2v) is 9.59. The Balaban J connectivity index is 1.77. The van der Waals surface area contributed by atoms with Gasteiger partial charge in [-0.25, -0.2) is 13.2 Å². The number of rotatable bonds is 8. The van der Waals surface area contributed by atoms with E-state index in [1.54, 1.807) is 37.5 Å². The van der Waals surface area contributed by atoms with Crippen LogP contribution in [0.25, 0.3) is 0 Å². The van der Waals surface area contributed by atoms with Crippen molar-refractivity contribution in [2.24, 2.45) is 0 Å². The van der Waals surface area contributed by atoms with Gasteiger partial charge in [0.15, 0.2) is 0 Å². The summed E-state index contributed by atoms with van der Waals surface area (Å²) < 4.78 is 44.1. The highest BCUT2D eigenvalue weighted by Gasteiger charge is 2.36. The number of nitrogens with zero attached hydrogens (tertiary/aromatic N) is 1. The number of ether oxygens (including phenoxy) is 3. The van der Waals surface area contributed by atoms with E-state index in [4.69, 9.17) is 9.47 Å². The Morgan fingerprint density at radius 1 is 1.06 bits per heavy atom. The monoisotopic (exact) mass is 459 g/mol. The molecule has 1 saturated heterocycles. The zero-order valence-corrected chi connectivity index (χ0v) is 19.4. The van der Waals surface area contributed by atoms with Gasteiger partial charge in [-0.3, -0.25) is 0 Å². The van der Waals surface area contributed by atoms with Gasteiger partial charge in [-0.05, 0) is 49.6 Å². The molecule has 8 heteroatoms. The molecule has 1 heterocycles. The van der Waals surface area contributed by atoms with Crippen molar-refractivity contribution in [1.82, 2.24) is 4.31 Å². The van der Waals surface area contributed by atoms with E-state index in [1.165, 1.54) is 17.5 Å². The first kappa shape index (κ1) is 24.0. The highest BCUT2D eigenvalue weighted by atomic mass is 32.2. The molecule has 0 bridgehead atoms. The Hall–Kier alpha value is -2.68. The summed E-state index contributed by atoms with van der Waals surface area (Å²) in [5, 5.41) is 0. The van der Waals surface area contributed by atoms with Crippen LogP contribution in [0.2, 0.25) is 0 Å². The van der Waals surface area contributed by atoms with Crippen LogP contribution in [0.1, 0.15) is 24.0 Å². The molecule has 0 spiro atoms. The molecule has 2 aromatic carbocycles. The molecule has 0 saturated carbocycles. The summed E-state index contributed by atoms with van der Waals surface area (Å²) in [6.07, 6.45) is 3.82. The highest BCUT2D eigenvalue weighted by molar-refractivity contribution is 7.89. The van der Waals surface area contributed by atoms with Crippen LogP contribution in [0.3, 0.4) is 0 Å². The Kier molecular flexibility index (Phi) is 8.06. The fourth-order valence-electron chi connectivity index (χ4n) is 3.57. The number of esters is 1. The summed E-state index contributed by atoms with van der Waals surface area (Å²) in [5.74, 6) is 0.248. The van der Waals surface area contributed by atoms with Gasteiger partial charge in [0.05, 0.1) is 31.8 Å². The Labute approximate surface area is 189 Å². The van der Waals surface area contributed by atoms with E-state index in [2.05, 4.69) is 4.74 Å². The van der Waals surface area contributed by atoms with Crippen LogP contribution in [0, 0.1) is 6.92 Å². The number of sulfonamides is 1. The molecule has 0 unspecified atom stereocenters. The first-order valence-electron chi connectivity index (χ1n) is 10.4. The highest BCUT2D eigenvalue weighted by Crippen LogP contribution is 2.28. The van der Waals surface area contributed by atoms with Crippen LogP contribution in [-0.4, -0.2) is 51.6 Å². The second kappa shape index (κ2) is 10.8. The lowest BCUT2D eigenvalue weighted by atomic mass is 10.0. The molecular weight excluding hydrogens is 430 g/mol. The predicted octanol–water partition coefficient (Wildman–Crippen LogP) is 3.47. The van der Waals surface area contributed by atoms with Crippen molar-refractivity contribution in [2.75, 3.05) is 20.8 Å². The molecule has 0 aliphatic carbocycles. The average Bonchev–Trinajstić information content (AvgIpc) is 2.82. The molecule has 0 aromatic heterocycles. The number of piperidine rings is 1. The fraction of sp³-hybridized carbons (Fsp3) is 0.375. The summed E-state index contributed by atoms with van der Waals surface area (Å²) in [7, 11) is -0.872. The van der Waals surface area contributed by atoms with Gasteiger partial charge >= 0.3 is 5.97 Å². The third kappa shape index (κ3) is 5.97. The maximum Gasteiger partial charge on any atom is 0.330 e.